The number of rotatable bonds is 4. The molecule has 0 unspecified atom stereocenters. The molecule has 0 spiro atoms. The molecule has 1 aromatic carbocycles. The fourth-order valence-electron chi connectivity index (χ4n) is 2.90. The zero-order valence-electron chi connectivity index (χ0n) is 11.8. The van der Waals surface area contributed by atoms with Gasteiger partial charge in [-0.15, -0.1) is 0 Å². The predicted octanol–water partition coefficient (Wildman–Crippen LogP) is 1.64. The molecule has 2 N–H and O–H groups in total. The number of likely N-dealkylation sites (tertiary alicyclic amines) is 1. The maximum atomic E-state index is 14.1. The number of hydrogen-bond acceptors (Lipinski definition) is 3. The van der Waals surface area contributed by atoms with Crippen molar-refractivity contribution in [2.45, 2.75) is 24.8 Å². The van der Waals surface area contributed by atoms with Crippen LogP contribution in [0.25, 0.3) is 0 Å². The first-order chi connectivity index (χ1) is 10.0. The third-order valence-electron chi connectivity index (χ3n) is 4.28. The fourth-order valence-corrected chi connectivity index (χ4v) is 2.90. The molecule has 2 fully saturated rings. The van der Waals surface area contributed by atoms with Crippen LogP contribution in [0.1, 0.15) is 24.3 Å². The number of nitrogens with two attached hydrogens (primary N) is 1. The second kappa shape index (κ2) is 5.26. The van der Waals surface area contributed by atoms with Gasteiger partial charge in [-0.1, -0.05) is 0 Å². The number of nitrogens with zero attached hydrogens (tertiary/aromatic N) is 1. The lowest BCUT2D eigenvalue weighted by atomic mass is 9.93. The summed E-state index contributed by atoms with van der Waals surface area (Å²) in [6, 6.07) is 1.36. The fraction of sp³-hybridized carbons (Fsp3) is 0.533. The molecule has 6 heteroatoms. The van der Waals surface area contributed by atoms with E-state index in [0.29, 0.717) is 12.5 Å². The third kappa shape index (κ3) is 2.60. The molecule has 1 amide bonds. The molecule has 2 atom stereocenters. The number of benzene rings is 1. The molecule has 0 aromatic heterocycles. The largest absolute Gasteiger partial charge is 0.497 e. The molecule has 21 heavy (non-hydrogen) atoms. The lowest BCUT2D eigenvalue weighted by Gasteiger charge is -2.17. The van der Waals surface area contributed by atoms with Crippen LogP contribution in [0, 0.1) is 17.6 Å². The first-order valence-electron chi connectivity index (χ1n) is 7.08. The van der Waals surface area contributed by atoms with Crippen LogP contribution in [0.2, 0.25) is 0 Å². The smallest absolute Gasteiger partial charge is 0.240 e. The molecule has 3 rings (SSSR count). The summed E-state index contributed by atoms with van der Waals surface area (Å²) < 4.78 is 33.1. The summed E-state index contributed by atoms with van der Waals surface area (Å²) in [6.07, 6.45) is 2.21. The highest BCUT2D eigenvalue weighted by atomic mass is 19.1. The molecule has 0 radical (unpaired) electrons. The van der Waals surface area contributed by atoms with Crippen LogP contribution in [-0.2, 0) is 4.79 Å². The lowest BCUT2D eigenvalue weighted by Crippen LogP contribution is -2.36. The Bertz CT molecular complexity index is 552. The van der Waals surface area contributed by atoms with Gasteiger partial charge in [0.15, 0.2) is 0 Å². The van der Waals surface area contributed by atoms with Crippen molar-refractivity contribution < 1.29 is 18.3 Å². The van der Waals surface area contributed by atoms with Gasteiger partial charge in [0.1, 0.15) is 17.4 Å². The molecule has 1 aliphatic heterocycles. The Hall–Kier alpha value is -1.69. The number of hydrogen-bond donors (Lipinski definition) is 1. The summed E-state index contributed by atoms with van der Waals surface area (Å²) in [5.41, 5.74) is 5.78. The summed E-state index contributed by atoms with van der Waals surface area (Å²) in [6.45, 7) is 0.916. The minimum absolute atomic E-state index is 0.112. The van der Waals surface area contributed by atoms with E-state index >= 15 is 0 Å². The first kappa shape index (κ1) is 14.3. The van der Waals surface area contributed by atoms with E-state index in [1.54, 1.807) is 4.90 Å². The number of ether oxygens (including phenoxy) is 1. The highest BCUT2D eigenvalue weighted by Gasteiger charge is 2.42. The second-order valence-electron chi connectivity index (χ2n) is 5.82. The van der Waals surface area contributed by atoms with E-state index in [-0.39, 0.29) is 23.8 Å². The summed E-state index contributed by atoms with van der Waals surface area (Å²) in [5, 5.41) is 0. The van der Waals surface area contributed by atoms with Gasteiger partial charge in [0.2, 0.25) is 5.91 Å². The van der Waals surface area contributed by atoms with Gasteiger partial charge in [0.25, 0.3) is 0 Å². The van der Waals surface area contributed by atoms with Gasteiger partial charge in [-0.2, -0.15) is 0 Å². The highest BCUT2D eigenvalue weighted by Crippen LogP contribution is 2.36. The molecular formula is C15H18F2N2O2. The molecule has 2 aliphatic rings. The standard InChI is InChI=1S/C15H18F2N2O2/c1-21-9-4-11(16)13(12(17)5-9)10-7-19(6-8-2-3-8)15(20)14(10)18/h4-5,8,10,14H,2-3,6-7,18H2,1H3/t10-,14-/m0/s1. The van der Waals surface area contributed by atoms with Gasteiger partial charge >= 0.3 is 0 Å². The van der Waals surface area contributed by atoms with Gasteiger partial charge < -0.3 is 15.4 Å². The third-order valence-corrected chi connectivity index (χ3v) is 4.28. The van der Waals surface area contributed by atoms with Crippen LogP contribution in [0.15, 0.2) is 12.1 Å². The molecule has 0 bridgehead atoms. The van der Waals surface area contributed by atoms with Gasteiger partial charge in [0, 0.05) is 36.7 Å². The second-order valence-corrected chi connectivity index (χ2v) is 5.82. The van der Waals surface area contributed by atoms with Crippen molar-refractivity contribution in [1.82, 2.24) is 4.90 Å². The van der Waals surface area contributed by atoms with E-state index in [2.05, 4.69) is 0 Å². The molecule has 1 heterocycles. The van der Waals surface area contributed by atoms with Crippen molar-refractivity contribution in [3.8, 4) is 5.75 Å². The molecule has 114 valence electrons. The Kier molecular flexibility index (Phi) is 3.57. The number of methoxy groups -OCH3 is 1. The predicted molar refractivity (Wildman–Crippen MR) is 72.9 cm³/mol. The van der Waals surface area contributed by atoms with Crippen LogP contribution in [-0.4, -0.2) is 37.0 Å². The van der Waals surface area contributed by atoms with Crippen molar-refractivity contribution in [2.75, 3.05) is 20.2 Å². The topological polar surface area (TPSA) is 55.6 Å². The van der Waals surface area contributed by atoms with Crippen molar-refractivity contribution in [2.24, 2.45) is 11.7 Å². The zero-order chi connectivity index (χ0) is 15.1. The van der Waals surface area contributed by atoms with Gasteiger partial charge in [-0.25, -0.2) is 8.78 Å². The van der Waals surface area contributed by atoms with E-state index in [1.165, 1.54) is 7.11 Å². The highest BCUT2D eigenvalue weighted by molar-refractivity contribution is 5.85. The maximum absolute atomic E-state index is 14.1. The quantitative estimate of drug-likeness (QED) is 0.919. The number of halogens is 2. The monoisotopic (exact) mass is 296 g/mol. The van der Waals surface area contributed by atoms with Crippen LogP contribution in [0.5, 0.6) is 5.75 Å². The summed E-state index contributed by atoms with van der Waals surface area (Å²) >= 11 is 0. The average Bonchev–Trinajstić information content (AvgIpc) is 3.22. The van der Waals surface area contributed by atoms with E-state index in [4.69, 9.17) is 10.5 Å². The van der Waals surface area contributed by atoms with Crippen molar-refractivity contribution in [3.05, 3.63) is 29.3 Å². The Balaban J connectivity index is 1.87. The first-order valence-corrected chi connectivity index (χ1v) is 7.08. The van der Waals surface area contributed by atoms with Crippen molar-refractivity contribution >= 4 is 5.91 Å². The molecule has 4 nitrogen and oxygen atoms in total. The lowest BCUT2D eigenvalue weighted by molar-refractivity contribution is -0.129. The molecule has 1 saturated heterocycles. The van der Waals surface area contributed by atoms with E-state index in [0.717, 1.165) is 25.0 Å². The van der Waals surface area contributed by atoms with Crippen LogP contribution >= 0.6 is 0 Å². The normalized spacial score (nSPS) is 25.5. The van der Waals surface area contributed by atoms with E-state index in [9.17, 15) is 13.6 Å². The van der Waals surface area contributed by atoms with Crippen molar-refractivity contribution in [3.63, 3.8) is 0 Å². The summed E-state index contributed by atoms with van der Waals surface area (Å²) in [7, 11) is 1.34. The van der Waals surface area contributed by atoms with E-state index in [1.807, 2.05) is 0 Å². The molecular weight excluding hydrogens is 278 g/mol. The summed E-state index contributed by atoms with van der Waals surface area (Å²) in [5.74, 6) is -1.67. The van der Waals surface area contributed by atoms with Gasteiger partial charge in [-0.3, -0.25) is 4.79 Å². The molecule has 1 aliphatic carbocycles. The van der Waals surface area contributed by atoms with E-state index < -0.39 is 23.6 Å². The van der Waals surface area contributed by atoms with Gasteiger partial charge in [-0.05, 0) is 18.8 Å². The Labute approximate surface area is 121 Å². The van der Waals surface area contributed by atoms with Gasteiger partial charge in [0.05, 0.1) is 13.2 Å². The van der Waals surface area contributed by atoms with Crippen LogP contribution in [0.4, 0.5) is 8.78 Å². The number of carbonyl (C=O) groups excluding carboxylic acids is 1. The molecule has 1 saturated carbocycles. The average molecular weight is 296 g/mol. The Morgan fingerprint density at radius 2 is 1.95 bits per heavy atom. The summed E-state index contributed by atoms with van der Waals surface area (Å²) in [4.78, 5) is 13.8. The minimum Gasteiger partial charge on any atom is -0.497 e. The van der Waals surface area contributed by atoms with Crippen molar-refractivity contribution in [1.29, 1.82) is 0 Å². The maximum Gasteiger partial charge on any atom is 0.240 e. The zero-order valence-corrected chi connectivity index (χ0v) is 11.8. The minimum atomic E-state index is -0.888. The number of amides is 1. The number of carbonyl (C=O) groups is 1. The SMILES string of the molecule is COc1cc(F)c([C@@H]2CN(CC3CC3)C(=O)[C@H]2N)c(F)c1. The Morgan fingerprint density at radius 1 is 1.33 bits per heavy atom. The molecule has 1 aromatic rings. The van der Waals surface area contributed by atoms with Crippen LogP contribution in [0.3, 0.4) is 0 Å². The Morgan fingerprint density at radius 3 is 2.48 bits per heavy atom. The van der Waals surface area contributed by atoms with Crippen LogP contribution < -0.4 is 10.5 Å².